The van der Waals surface area contributed by atoms with E-state index in [2.05, 4.69) is 28.5 Å². The Bertz CT molecular complexity index is 736. The molecule has 0 unspecified atom stereocenters. The summed E-state index contributed by atoms with van der Waals surface area (Å²) >= 11 is 0. The van der Waals surface area contributed by atoms with Crippen LogP contribution in [0.2, 0.25) is 0 Å². The first kappa shape index (κ1) is 19.8. The van der Waals surface area contributed by atoms with Crippen LogP contribution in [0.5, 0.6) is 0 Å². The first-order valence-electron chi connectivity index (χ1n) is 8.78. The third kappa shape index (κ3) is 4.35. The Labute approximate surface area is 155 Å². The van der Waals surface area contributed by atoms with E-state index in [0.717, 1.165) is 66.8 Å². The second-order valence-electron chi connectivity index (χ2n) is 6.66. The molecule has 0 radical (unpaired) electrons. The van der Waals surface area contributed by atoms with E-state index in [-0.39, 0.29) is 18.3 Å². The maximum atomic E-state index is 12.5. The number of nitrogens with one attached hydrogen (secondary N) is 2. The molecule has 3 rings (SSSR count). The lowest BCUT2D eigenvalue weighted by atomic mass is 10.0. The van der Waals surface area contributed by atoms with E-state index in [1.54, 1.807) is 0 Å². The number of carbonyl (C=O) groups excluding carboxylic acids is 1. The van der Waals surface area contributed by atoms with Crippen molar-refractivity contribution >= 4 is 29.3 Å². The van der Waals surface area contributed by atoms with Crippen LogP contribution in [0.1, 0.15) is 33.7 Å². The van der Waals surface area contributed by atoms with Gasteiger partial charge in [0.25, 0.3) is 5.91 Å². The molecule has 138 valence electrons. The van der Waals surface area contributed by atoms with E-state index in [0.29, 0.717) is 12.3 Å². The van der Waals surface area contributed by atoms with Crippen LogP contribution in [-0.4, -0.2) is 50.1 Å². The highest BCUT2D eigenvalue weighted by molar-refractivity contribution is 6.00. The van der Waals surface area contributed by atoms with Gasteiger partial charge >= 0.3 is 0 Å². The van der Waals surface area contributed by atoms with Gasteiger partial charge in [-0.05, 0) is 44.9 Å². The van der Waals surface area contributed by atoms with Crippen LogP contribution >= 0.6 is 12.4 Å². The lowest BCUT2D eigenvalue weighted by molar-refractivity contribution is 0.0925. The number of benzene rings is 1. The SMILES string of the molecule is Cc1ccc(C)c2c(C)c(C(=O)NCCCN3CCNCC3)oc12.Cl. The van der Waals surface area contributed by atoms with Crippen molar-refractivity contribution in [3.63, 3.8) is 0 Å². The minimum absolute atomic E-state index is 0. The van der Waals surface area contributed by atoms with Crippen LogP contribution in [0.25, 0.3) is 11.0 Å². The van der Waals surface area contributed by atoms with Gasteiger partial charge in [0.05, 0.1) is 0 Å². The summed E-state index contributed by atoms with van der Waals surface area (Å²) < 4.78 is 5.89. The van der Waals surface area contributed by atoms with Crippen molar-refractivity contribution in [2.75, 3.05) is 39.3 Å². The zero-order valence-electron chi connectivity index (χ0n) is 15.3. The Hall–Kier alpha value is -1.56. The number of furan rings is 1. The molecule has 0 saturated carbocycles. The van der Waals surface area contributed by atoms with Gasteiger partial charge in [0.2, 0.25) is 0 Å². The predicted molar refractivity (Wildman–Crippen MR) is 104 cm³/mol. The zero-order valence-corrected chi connectivity index (χ0v) is 16.1. The molecule has 1 fully saturated rings. The molecule has 0 bridgehead atoms. The molecular formula is C19H28ClN3O2. The van der Waals surface area contributed by atoms with E-state index in [1.807, 2.05) is 19.9 Å². The quantitative estimate of drug-likeness (QED) is 0.800. The van der Waals surface area contributed by atoms with Gasteiger partial charge in [-0.15, -0.1) is 12.4 Å². The van der Waals surface area contributed by atoms with Gasteiger partial charge in [-0.25, -0.2) is 0 Å². The van der Waals surface area contributed by atoms with E-state index < -0.39 is 0 Å². The minimum Gasteiger partial charge on any atom is -0.450 e. The molecule has 2 aromatic rings. The molecule has 1 aliphatic rings. The van der Waals surface area contributed by atoms with E-state index >= 15 is 0 Å². The Morgan fingerprint density at radius 2 is 1.88 bits per heavy atom. The molecule has 1 amide bonds. The predicted octanol–water partition coefficient (Wildman–Crippen LogP) is 2.80. The number of halogens is 1. The van der Waals surface area contributed by atoms with Crippen LogP contribution in [0.3, 0.4) is 0 Å². The molecule has 0 aliphatic carbocycles. The number of carbonyl (C=O) groups is 1. The second-order valence-corrected chi connectivity index (χ2v) is 6.66. The fourth-order valence-electron chi connectivity index (χ4n) is 3.41. The summed E-state index contributed by atoms with van der Waals surface area (Å²) in [5.74, 6) is 0.340. The maximum absolute atomic E-state index is 12.5. The smallest absolute Gasteiger partial charge is 0.287 e. The van der Waals surface area contributed by atoms with Crippen LogP contribution in [-0.2, 0) is 0 Å². The number of hydrogen-bond donors (Lipinski definition) is 2. The molecule has 0 atom stereocenters. The summed E-state index contributed by atoms with van der Waals surface area (Å²) in [6.07, 6.45) is 0.961. The summed E-state index contributed by atoms with van der Waals surface area (Å²) in [7, 11) is 0. The minimum atomic E-state index is -0.109. The molecule has 1 aromatic heterocycles. The molecule has 1 aromatic carbocycles. The topological polar surface area (TPSA) is 57.5 Å². The first-order chi connectivity index (χ1) is 11.6. The largest absolute Gasteiger partial charge is 0.450 e. The van der Waals surface area contributed by atoms with Gasteiger partial charge < -0.3 is 20.0 Å². The molecule has 6 heteroatoms. The molecule has 1 aliphatic heterocycles. The van der Waals surface area contributed by atoms with Crippen molar-refractivity contribution in [2.24, 2.45) is 0 Å². The third-order valence-corrected chi connectivity index (χ3v) is 4.84. The molecular weight excluding hydrogens is 338 g/mol. The fourth-order valence-corrected chi connectivity index (χ4v) is 3.41. The summed E-state index contributed by atoms with van der Waals surface area (Å²) in [6.45, 7) is 12.0. The summed E-state index contributed by atoms with van der Waals surface area (Å²) in [4.78, 5) is 14.9. The molecule has 1 saturated heterocycles. The summed E-state index contributed by atoms with van der Waals surface area (Å²) in [5, 5.41) is 7.42. The van der Waals surface area contributed by atoms with Crippen molar-refractivity contribution < 1.29 is 9.21 Å². The Balaban J connectivity index is 0.00000225. The number of amides is 1. The second kappa shape index (κ2) is 8.70. The van der Waals surface area contributed by atoms with Gasteiger partial charge in [-0.3, -0.25) is 4.79 Å². The van der Waals surface area contributed by atoms with Crippen molar-refractivity contribution in [1.29, 1.82) is 0 Å². The fraction of sp³-hybridized carbons (Fsp3) is 0.526. The number of piperazine rings is 1. The average Bonchev–Trinajstić information content (AvgIpc) is 2.95. The van der Waals surface area contributed by atoms with Crippen LogP contribution in [0.4, 0.5) is 0 Å². The number of nitrogens with zero attached hydrogens (tertiary/aromatic N) is 1. The number of aryl methyl sites for hydroxylation is 3. The summed E-state index contributed by atoms with van der Waals surface area (Å²) in [6, 6.07) is 4.12. The standard InChI is InChI=1S/C19H27N3O2.ClH/c1-13-5-6-14(2)17-16(13)15(3)18(24-17)19(23)21-7-4-10-22-11-8-20-9-12-22;/h5-6,20H,4,7-12H2,1-3H3,(H,21,23);1H. The lowest BCUT2D eigenvalue weighted by Crippen LogP contribution is -2.44. The van der Waals surface area contributed by atoms with Gasteiger partial charge in [0.1, 0.15) is 5.58 Å². The lowest BCUT2D eigenvalue weighted by Gasteiger charge is -2.26. The Morgan fingerprint density at radius 1 is 1.20 bits per heavy atom. The van der Waals surface area contributed by atoms with Crippen molar-refractivity contribution in [1.82, 2.24) is 15.5 Å². The van der Waals surface area contributed by atoms with Crippen LogP contribution < -0.4 is 10.6 Å². The van der Waals surface area contributed by atoms with Crippen molar-refractivity contribution in [3.8, 4) is 0 Å². The Morgan fingerprint density at radius 3 is 2.56 bits per heavy atom. The molecule has 25 heavy (non-hydrogen) atoms. The zero-order chi connectivity index (χ0) is 17.1. The van der Waals surface area contributed by atoms with E-state index in [1.165, 1.54) is 0 Å². The number of hydrogen-bond acceptors (Lipinski definition) is 4. The van der Waals surface area contributed by atoms with Gasteiger partial charge in [0.15, 0.2) is 5.76 Å². The highest BCUT2D eigenvalue weighted by Crippen LogP contribution is 2.30. The monoisotopic (exact) mass is 365 g/mol. The van der Waals surface area contributed by atoms with Crippen molar-refractivity contribution in [2.45, 2.75) is 27.2 Å². The number of rotatable bonds is 5. The van der Waals surface area contributed by atoms with E-state index in [4.69, 9.17) is 4.42 Å². The first-order valence-corrected chi connectivity index (χ1v) is 8.78. The highest BCUT2D eigenvalue weighted by Gasteiger charge is 2.19. The van der Waals surface area contributed by atoms with Crippen LogP contribution in [0.15, 0.2) is 16.5 Å². The molecule has 2 N–H and O–H groups in total. The van der Waals surface area contributed by atoms with Crippen LogP contribution in [0, 0.1) is 20.8 Å². The van der Waals surface area contributed by atoms with Crippen molar-refractivity contribution in [3.05, 3.63) is 34.6 Å². The molecule has 2 heterocycles. The van der Waals surface area contributed by atoms with E-state index in [9.17, 15) is 4.79 Å². The average molecular weight is 366 g/mol. The maximum Gasteiger partial charge on any atom is 0.287 e. The normalized spacial score (nSPS) is 15.2. The summed E-state index contributed by atoms with van der Waals surface area (Å²) in [5.41, 5.74) is 3.98. The third-order valence-electron chi connectivity index (χ3n) is 4.84. The van der Waals surface area contributed by atoms with Gasteiger partial charge in [0, 0.05) is 43.7 Å². The Kier molecular flexibility index (Phi) is 6.87. The highest BCUT2D eigenvalue weighted by atomic mass is 35.5. The van der Waals surface area contributed by atoms with Gasteiger partial charge in [-0.1, -0.05) is 12.1 Å². The van der Waals surface area contributed by atoms with Gasteiger partial charge in [-0.2, -0.15) is 0 Å². The molecule has 5 nitrogen and oxygen atoms in total. The molecule has 0 spiro atoms. The number of fused-ring (bicyclic) bond motifs is 1.